The lowest BCUT2D eigenvalue weighted by Gasteiger charge is -2.35. The Bertz CT molecular complexity index is 1190. The van der Waals surface area contributed by atoms with Crippen molar-refractivity contribution in [2.45, 2.75) is 18.2 Å². The van der Waals surface area contributed by atoms with Gasteiger partial charge in [0.2, 0.25) is 5.91 Å². The molecule has 0 spiro atoms. The number of amides is 1. The summed E-state index contributed by atoms with van der Waals surface area (Å²) in [5, 5.41) is 8.73. The van der Waals surface area contributed by atoms with Crippen molar-refractivity contribution in [3.8, 4) is 17.0 Å². The monoisotopic (exact) mass is 480 g/mol. The van der Waals surface area contributed by atoms with E-state index in [0.717, 1.165) is 22.8 Å². The molecule has 0 saturated carbocycles. The number of benzene rings is 2. The van der Waals surface area contributed by atoms with Crippen LogP contribution >= 0.6 is 0 Å². The quantitative estimate of drug-likeness (QED) is 0.489. The molecule has 0 N–H and O–H groups in total. The third-order valence-corrected chi connectivity index (χ3v) is 7.49. The van der Waals surface area contributed by atoms with Crippen molar-refractivity contribution in [1.82, 2.24) is 15.1 Å². The zero-order chi connectivity index (χ0) is 24.0. The van der Waals surface area contributed by atoms with Gasteiger partial charge in [0.25, 0.3) is 0 Å². The first-order valence-electron chi connectivity index (χ1n) is 11.3. The van der Waals surface area contributed by atoms with Gasteiger partial charge < -0.3 is 14.5 Å². The van der Waals surface area contributed by atoms with E-state index in [1.54, 1.807) is 35.2 Å². The number of rotatable bonds is 8. The van der Waals surface area contributed by atoms with Crippen LogP contribution in [0.15, 0.2) is 71.6 Å². The maximum atomic E-state index is 12.6. The molecule has 9 heteroatoms. The van der Waals surface area contributed by atoms with E-state index in [-0.39, 0.29) is 23.0 Å². The Balaban J connectivity index is 1.29. The number of piperazine rings is 1. The number of carbonyl (C=O) groups excluding carboxylic acids is 1. The molecule has 0 atom stereocenters. The van der Waals surface area contributed by atoms with Crippen molar-refractivity contribution >= 4 is 21.6 Å². The number of ether oxygens (including phenoxy) is 1. The molecular formula is C25H28N4O4S. The van der Waals surface area contributed by atoms with Crippen LogP contribution in [0.5, 0.6) is 5.75 Å². The van der Waals surface area contributed by atoms with E-state index < -0.39 is 9.84 Å². The van der Waals surface area contributed by atoms with Crippen molar-refractivity contribution in [2.75, 3.05) is 43.4 Å². The molecule has 0 radical (unpaired) electrons. The molecule has 8 nitrogen and oxygen atoms in total. The minimum absolute atomic E-state index is 0.0200. The van der Waals surface area contributed by atoms with Crippen LogP contribution in [0.4, 0.5) is 5.82 Å². The molecular weight excluding hydrogens is 452 g/mol. The second kappa shape index (κ2) is 10.6. The van der Waals surface area contributed by atoms with Crippen molar-refractivity contribution < 1.29 is 17.9 Å². The summed E-state index contributed by atoms with van der Waals surface area (Å²) in [6, 6.07) is 19.8. The second-order valence-corrected chi connectivity index (χ2v) is 10.1. The molecule has 34 heavy (non-hydrogen) atoms. The van der Waals surface area contributed by atoms with Crippen LogP contribution in [0.1, 0.15) is 13.3 Å². The molecule has 3 aromatic rings. The van der Waals surface area contributed by atoms with Gasteiger partial charge in [-0.15, -0.1) is 10.2 Å². The predicted molar refractivity (Wildman–Crippen MR) is 131 cm³/mol. The van der Waals surface area contributed by atoms with Gasteiger partial charge in [0.1, 0.15) is 5.75 Å². The molecule has 2 heterocycles. The number of sulfone groups is 1. The summed E-state index contributed by atoms with van der Waals surface area (Å²) < 4.78 is 30.3. The zero-order valence-corrected chi connectivity index (χ0v) is 19.9. The Morgan fingerprint density at radius 3 is 2.24 bits per heavy atom. The molecule has 0 unspecified atom stereocenters. The lowest BCUT2D eigenvalue weighted by Crippen LogP contribution is -2.49. The van der Waals surface area contributed by atoms with Crippen molar-refractivity contribution in [3.63, 3.8) is 0 Å². The second-order valence-electron chi connectivity index (χ2n) is 7.98. The standard InChI is InChI=1S/C25H28N4O4S/c1-2-33-21-10-8-20(9-11-21)23-12-13-24(27-26-23)28-15-17-29(18-16-28)25(30)14-19-34(31,32)22-6-4-3-5-7-22/h3-13H,2,14-19H2,1H3. The van der Waals surface area contributed by atoms with Crippen molar-refractivity contribution in [2.24, 2.45) is 0 Å². The van der Waals surface area contributed by atoms with E-state index in [9.17, 15) is 13.2 Å². The summed E-state index contributed by atoms with van der Waals surface area (Å²) in [6.07, 6.45) is -0.0200. The Kier molecular flexibility index (Phi) is 7.42. The lowest BCUT2D eigenvalue weighted by atomic mass is 10.1. The molecule has 2 aromatic carbocycles. The minimum atomic E-state index is -3.46. The summed E-state index contributed by atoms with van der Waals surface area (Å²) >= 11 is 0. The van der Waals surface area contributed by atoms with Crippen LogP contribution in [0.3, 0.4) is 0 Å². The molecule has 1 aromatic heterocycles. The molecule has 1 aliphatic heterocycles. The fourth-order valence-electron chi connectivity index (χ4n) is 3.85. The van der Waals surface area contributed by atoms with Gasteiger partial charge in [-0.3, -0.25) is 4.79 Å². The van der Waals surface area contributed by atoms with E-state index in [1.165, 1.54) is 0 Å². The van der Waals surface area contributed by atoms with Gasteiger partial charge in [0, 0.05) is 38.2 Å². The van der Waals surface area contributed by atoms with Crippen LogP contribution in [0.25, 0.3) is 11.3 Å². The summed E-state index contributed by atoms with van der Waals surface area (Å²) in [7, 11) is -3.46. The number of hydrogen-bond acceptors (Lipinski definition) is 7. The van der Waals surface area contributed by atoms with Gasteiger partial charge in [-0.2, -0.15) is 0 Å². The Labute approximate surface area is 200 Å². The number of hydrogen-bond donors (Lipinski definition) is 0. The molecule has 1 fully saturated rings. The largest absolute Gasteiger partial charge is 0.494 e. The number of carbonyl (C=O) groups is 1. The summed E-state index contributed by atoms with van der Waals surface area (Å²) in [6.45, 7) is 4.85. The third-order valence-electron chi connectivity index (χ3n) is 5.75. The van der Waals surface area contributed by atoms with Crippen LogP contribution in [0, 0.1) is 0 Å². The SMILES string of the molecule is CCOc1ccc(-c2ccc(N3CCN(C(=O)CCS(=O)(=O)c4ccccc4)CC3)nn2)cc1. The van der Waals surface area contributed by atoms with E-state index in [4.69, 9.17) is 4.74 Å². The van der Waals surface area contributed by atoms with E-state index in [1.807, 2.05) is 43.3 Å². The summed E-state index contributed by atoms with van der Waals surface area (Å²) in [5.74, 6) is 1.25. The number of aromatic nitrogens is 2. The van der Waals surface area contributed by atoms with Gasteiger partial charge in [0.15, 0.2) is 15.7 Å². The van der Waals surface area contributed by atoms with Gasteiger partial charge in [0.05, 0.1) is 22.9 Å². The predicted octanol–water partition coefficient (Wildman–Crippen LogP) is 3.05. The van der Waals surface area contributed by atoms with Crippen LogP contribution in [-0.4, -0.2) is 68.0 Å². The highest BCUT2D eigenvalue weighted by Crippen LogP contribution is 2.22. The Hall–Kier alpha value is -3.46. The molecule has 4 rings (SSSR count). The third kappa shape index (κ3) is 5.72. The number of anilines is 1. The summed E-state index contributed by atoms with van der Waals surface area (Å²) in [5.41, 5.74) is 1.74. The average Bonchev–Trinajstić information content (AvgIpc) is 2.89. The Morgan fingerprint density at radius 1 is 0.912 bits per heavy atom. The van der Waals surface area contributed by atoms with Crippen LogP contribution in [0.2, 0.25) is 0 Å². The fourth-order valence-corrected chi connectivity index (χ4v) is 5.10. The topological polar surface area (TPSA) is 92.7 Å². The molecule has 0 aliphatic carbocycles. The van der Waals surface area contributed by atoms with Gasteiger partial charge >= 0.3 is 0 Å². The lowest BCUT2D eigenvalue weighted by molar-refractivity contribution is -0.131. The van der Waals surface area contributed by atoms with Crippen LogP contribution < -0.4 is 9.64 Å². The highest BCUT2D eigenvalue weighted by molar-refractivity contribution is 7.91. The van der Waals surface area contributed by atoms with E-state index in [2.05, 4.69) is 15.1 Å². The summed E-state index contributed by atoms with van der Waals surface area (Å²) in [4.78, 5) is 16.6. The first kappa shape index (κ1) is 23.7. The maximum Gasteiger partial charge on any atom is 0.223 e. The first-order valence-corrected chi connectivity index (χ1v) is 13.0. The highest BCUT2D eigenvalue weighted by Gasteiger charge is 2.24. The molecule has 178 valence electrons. The molecule has 1 amide bonds. The molecule has 1 aliphatic rings. The zero-order valence-electron chi connectivity index (χ0n) is 19.1. The smallest absolute Gasteiger partial charge is 0.223 e. The average molecular weight is 481 g/mol. The molecule has 0 bridgehead atoms. The van der Waals surface area contributed by atoms with Gasteiger partial charge in [-0.25, -0.2) is 8.42 Å². The number of nitrogens with zero attached hydrogens (tertiary/aromatic N) is 4. The van der Waals surface area contributed by atoms with Crippen molar-refractivity contribution in [1.29, 1.82) is 0 Å². The van der Waals surface area contributed by atoms with Crippen LogP contribution in [-0.2, 0) is 14.6 Å². The maximum absolute atomic E-state index is 12.6. The van der Waals surface area contributed by atoms with Gasteiger partial charge in [-0.05, 0) is 55.5 Å². The fraction of sp³-hybridized carbons (Fsp3) is 0.320. The molecule has 1 saturated heterocycles. The normalized spacial score (nSPS) is 14.1. The van der Waals surface area contributed by atoms with E-state index >= 15 is 0 Å². The van der Waals surface area contributed by atoms with Crippen molar-refractivity contribution in [3.05, 3.63) is 66.7 Å². The Morgan fingerprint density at radius 2 is 1.62 bits per heavy atom. The van der Waals surface area contributed by atoms with E-state index in [0.29, 0.717) is 32.8 Å². The van der Waals surface area contributed by atoms with Gasteiger partial charge in [-0.1, -0.05) is 18.2 Å². The first-order chi connectivity index (χ1) is 16.5. The minimum Gasteiger partial charge on any atom is -0.494 e. The highest BCUT2D eigenvalue weighted by atomic mass is 32.2.